The van der Waals surface area contributed by atoms with Crippen LogP contribution >= 0.6 is 0 Å². The van der Waals surface area contributed by atoms with Crippen molar-refractivity contribution in [1.82, 2.24) is 0 Å². The molecule has 4 aliphatic carbocycles. The Morgan fingerprint density at radius 3 is 2.18 bits per heavy atom. The molecule has 0 N–H and O–H groups in total. The molecule has 7 nitrogen and oxygen atoms in total. The van der Waals surface area contributed by atoms with E-state index >= 15 is 0 Å². The number of carbonyl (C=O) groups excluding carboxylic acids is 3. The second-order valence-electron chi connectivity index (χ2n) is 12.1. The van der Waals surface area contributed by atoms with Crippen LogP contribution < -0.4 is 0 Å². The molecule has 0 aromatic carbocycles. The predicted octanol–water partition coefficient (Wildman–Crippen LogP) is 3.81. The maximum atomic E-state index is 12.3. The first-order valence-electron chi connectivity index (χ1n) is 12.6. The van der Waals surface area contributed by atoms with Crippen molar-refractivity contribution in [2.75, 3.05) is 13.2 Å². The van der Waals surface area contributed by atoms with Gasteiger partial charge in [-0.05, 0) is 68.1 Å². The lowest BCUT2D eigenvalue weighted by Crippen LogP contribution is -2.66. The topological polar surface area (TPSA) is 91.4 Å². The van der Waals surface area contributed by atoms with Crippen molar-refractivity contribution in [3.8, 4) is 0 Å². The van der Waals surface area contributed by atoms with E-state index in [1.165, 1.54) is 20.8 Å². The summed E-state index contributed by atoms with van der Waals surface area (Å²) in [5, 5.41) is 0. The molecular formula is C26H38O7. The lowest BCUT2D eigenvalue weighted by molar-refractivity contribution is -0.243. The zero-order valence-corrected chi connectivity index (χ0v) is 20.6. The zero-order chi connectivity index (χ0) is 23.8. The van der Waals surface area contributed by atoms with Gasteiger partial charge in [0, 0.05) is 31.6 Å². The minimum absolute atomic E-state index is 0.00761. The number of hydrogen-bond acceptors (Lipinski definition) is 7. The van der Waals surface area contributed by atoms with Gasteiger partial charge in [0.05, 0.1) is 12.2 Å². The molecule has 7 heteroatoms. The van der Waals surface area contributed by atoms with Crippen molar-refractivity contribution < 1.29 is 33.3 Å². The SMILES string of the molecule is CC(=O)OC[C@]1(C)[C@@H]2C[C@H](OC(C)=O)[C@]34C[C@H](CC[C@H]3[C@]2(C)CC[C@H]1OC(C)=O)[C@@]1(CO1)C4. The van der Waals surface area contributed by atoms with E-state index in [2.05, 4.69) is 13.8 Å². The van der Waals surface area contributed by atoms with Gasteiger partial charge in [-0.15, -0.1) is 0 Å². The third-order valence-corrected chi connectivity index (χ3v) is 10.4. The van der Waals surface area contributed by atoms with Gasteiger partial charge in [-0.25, -0.2) is 0 Å². The van der Waals surface area contributed by atoms with Crippen LogP contribution in [-0.2, 0) is 33.3 Å². The predicted molar refractivity (Wildman–Crippen MR) is 118 cm³/mol. The van der Waals surface area contributed by atoms with E-state index in [4.69, 9.17) is 18.9 Å². The zero-order valence-electron chi connectivity index (χ0n) is 20.6. The number of fused-ring (bicyclic) bond motifs is 4. The van der Waals surface area contributed by atoms with E-state index < -0.39 is 5.41 Å². The third-order valence-electron chi connectivity index (χ3n) is 10.4. The maximum absolute atomic E-state index is 12.3. The molecule has 0 aromatic heterocycles. The van der Waals surface area contributed by atoms with Gasteiger partial charge in [-0.1, -0.05) is 13.8 Å². The van der Waals surface area contributed by atoms with Gasteiger partial charge in [-0.2, -0.15) is 0 Å². The van der Waals surface area contributed by atoms with E-state index in [0.717, 1.165) is 45.1 Å². The molecule has 2 bridgehead atoms. The highest BCUT2D eigenvalue weighted by Crippen LogP contribution is 2.75. The van der Waals surface area contributed by atoms with Crippen LogP contribution in [0, 0.1) is 34.0 Å². The van der Waals surface area contributed by atoms with Crippen molar-refractivity contribution in [3.63, 3.8) is 0 Å². The van der Waals surface area contributed by atoms with Gasteiger partial charge < -0.3 is 18.9 Å². The Hall–Kier alpha value is -1.63. The summed E-state index contributed by atoms with van der Waals surface area (Å²) in [5.74, 6) is 0.143. The fraction of sp³-hybridized carbons (Fsp3) is 0.885. The van der Waals surface area contributed by atoms with Gasteiger partial charge in [0.25, 0.3) is 0 Å². The quantitative estimate of drug-likeness (QED) is 0.356. The number of hydrogen-bond donors (Lipinski definition) is 0. The summed E-state index contributed by atoms with van der Waals surface area (Å²) < 4.78 is 23.6. The van der Waals surface area contributed by atoms with Gasteiger partial charge in [0.15, 0.2) is 0 Å². The lowest BCUT2D eigenvalue weighted by Gasteiger charge is -2.66. The van der Waals surface area contributed by atoms with Crippen molar-refractivity contribution in [1.29, 1.82) is 0 Å². The highest BCUT2D eigenvalue weighted by molar-refractivity contribution is 5.67. The van der Waals surface area contributed by atoms with Crippen LogP contribution in [0.2, 0.25) is 0 Å². The van der Waals surface area contributed by atoms with Gasteiger partial charge in [0.2, 0.25) is 0 Å². The van der Waals surface area contributed by atoms with Crippen LogP contribution in [0.4, 0.5) is 0 Å². The fourth-order valence-corrected chi connectivity index (χ4v) is 9.13. The van der Waals surface area contributed by atoms with Crippen LogP contribution in [-0.4, -0.2) is 48.9 Å². The van der Waals surface area contributed by atoms with Crippen molar-refractivity contribution in [2.45, 2.75) is 97.4 Å². The second kappa shape index (κ2) is 7.43. The number of carbonyl (C=O) groups is 3. The molecule has 5 fully saturated rings. The van der Waals surface area contributed by atoms with Crippen LogP contribution in [0.25, 0.3) is 0 Å². The smallest absolute Gasteiger partial charge is 0.302 e. The molecule has 4 saturated carbocycles. The molecule has 2 spiro atoms. The van der Waals surface area contributed by atoms with E-state index in [1.807, 2.05) is 0 Å². The summed E-state index contributed by atoms with van der Waals surface area (Å²) in [7, 11) is 0. The number of epoxide rings is 1. The van der Waals surface area contributed by atoms with Gasteiger partial charge in [0.1, 0.15) is 18.8 Å². The molecule has 0 amide bonds. The molecule has 0 radical (unpaired) electrons. The average molecular weight is 463 g/mol. The van der Waals surface area contributed by atoms with Crippen molar-refractivity contribution >= 4 is 17.9 Å². The molecule has 33 heavy (non-hydrogen) atoms. The monoisotopic (exact) mass is 462 g/mol. The van der Waals surface area contributed by atoms with Crippen LogP contribution in [0.1, 0.15) is 79.6 Å². The molecule has 0 aromatic rings. The van der Waals surface area contributed by atoms with Crippen LogP contribution in [0.15, 0.2) is 0 Å². The molecule has 5 rings (SSSR count). The molecular weight excluding hydrogens is 424 g/mol. The molecule has 1 heterocycles. The molecule has 0 unspecified atom stereocenters. The van der Waals surface area contributed by atoms with Gasteiger partial charge >= 0.3 is 17.9 Å². The number of rotatable bonds is 4. The van der Waals surface area contributed by atoms with E-state index in [-0.39, 0.29) is 59.1 Å². The van der Waals surface area contributed by atoms with Gasteiger partial charge in [-0.3, -0.25) is 14.4 Å². The van der Waals surface area contributed by atoms with E-state index in [1.54, 1.807) is 0 Å². The Kier molecular flexibility index (Phi) is 5.21. The van der Waals surface area contributed by atoms with Crippen LogP contribution in [0.5, 0.6) is 0 Å². The minimum Gasteiger partial charge on any atom is -0.465 e. The largest absolute Gasteiger partial charge is 0.465 e. The molecule has 1 aliphatic heterocycles. The van der Waals surface area contributed by atoms with Crippen LogP contribution in [0.3, 0.4) is 0 Å². The Balaban J connectivity index is 1.56. The number of ether oxygens (including phenoxy) is 4. The summed E-state index contributed by atoms with van der Waals surface area (Å²) >= 11 is 0. The van der Waals surface area contributed by atoms with E-state index in [0.29, 0.717) is 18.3 Å². The highest BCUT2D eigenvalue weighted by atomic mass is 16.6. The van der Waals surface area contributed by atoms with Crippen molar-refractivity contribution in [2.24, 2.45) is 34.0 Å². The summed E-state index contributed by atoms with van der Waals surface area (Å²) in [6, 6.07) is 0. The first-order chi connectivity index (χ1) is 15.5. The number of esters is 3. The normalized spacial score (nSPS) is 49.5. The highest BCUT2D eigenvalue weighted by Gasteiger charge is 2.75. The Morgan fingerprint density at radius 2 is 1.58 bits per heavy atom. The molecule has 9 atom stereocenters. The first-order valence-corrected chi connectivity index (χ1v) is 12.6. The standard InChI is InChI=1S/C26H38O7/c1-15(27)30-13-24(5)20-10-22(33-17(3)29)25-11-18(26(12-25)14-31-26)6-7-19(25)23(20,4)9-8-21(24)32-16(2)28/h18-22H,6-14H2,1-5H3/t18-,19-,20+,21+,22-,23-,24+,25-,26-/m0/s1. The molecule has 1 saturated heterocycles. The van der Waals surface area contributed by atoms with Crippen molar-refractivity contribution in [3.05, 3.63) is 0 Å². The minimum atomic E-state index is -0.548. The Bertz CT molecular complexity index is 865. The molecule has 184 valence electrons. The third kappa shape index (κ3) is 3.35. The summed E-state index contributed by atoms with van der Waals surface area (Å²) in [5.41, 5.74) is -0.638. The Labute approximate surface area is 196 Å². The van der Waals surface area contributed by atoms with E-state index in [9.17, 15) is 14.4 Å². The molecule has 5 aliphatic rings. The maximum Gasteiger partial charge on any atom is 0.302 e. The lowest BCUT2D eigenvalue weighted by atomic mass is 9.40. The second-order valence-corrected chi connectivity index (χ2v) is 12.1. The first kappa shape index (κ1) is 23.1. The Morgan fingerprint density at radius 1 is 0.909 bits per heavy atom. The summed E-state index contributed by atoms with van der Waals surface area (Å²) in [6.45, 7) is 9.87. The summed E-state index contributed by atoms with van der Waals surface area (Å²) in [6.07, 6.45) is 6.15. The average Bonchev–Trinajstić information content (AvgIpc) is 3.45. The fourth-order valence-electron chi connectivity index (χ4n) is 9.13. The summed E-state index contributed by atoms with van der Waals surface area (Å²) in [4.78, 5) is 36.1.